The molecule has 0 bridgehead atoms. The van der Waals surface area contributed by atoms with Crippen LogP contribution in [0.4, 0.5) is 5.69 Å². The lowest BCUT2D eigenvalue weighted by Gasteiger charge is -2.21. The molecule has 3 rings (SSSR count). The molecule has 2 amide bonds. The average molecular weight is 419 g/mol. The average Bonchev–Trinajstić information content (AvgIpc) is 2.81. The van der Waals surface area contributed by atoms with Gasteiger partial charge in [0.05, 0.1) is 6.54 Å². The molecule has 3 N–H and O–H groups in total. The van der Waals surface area contributed by atoms with Crippen LogP contribution >= 0.6 is 0 Å². The number of hydrogen-bond acceptors (Lipinski definition) is 4. The van der Waals surface area contributed by atoms with Gasteiger partial charge in [-0.05, 0) is 61.4 Å². The normalized spacial score (nSPS) is 11.7. The summed E-state index contributed by atoms with van der Waals surface area (Å²) >= 11 is 0. The number of nitrogens with zero attached hydrogens (tertiary/aromatic N) is 1. The van der Waals surface area contributed by atoms with Gasteiger partial charge in [0, 0.05) is 30.4 Å². The van der Waals surface area contributed by atoms with Crippen LogP contribution in [-0.2, 0) is 4.79 Å². The summed E-state index contributed by atoms with van der Waals surface area (Å²) < 4.78 is 0. The number of anilines is 1. The number of carbonyl (C=O) groups is 2. The van der Waals surface area contributed by atoms with E-state index in [0.717, 1.165) is 35.1 Å². The van der Waals surface area contributed by atoms with Gasteiger partial charge in [0.25, 0.3) is 11.8 Å². The van der Waals surface area contributed by atoms with E-state index in [4.69, 9.17) is 0 Å². The van der Waals surface area contributed by atoms with E-state index >= 15 is 0 Å². The molecule has 0 radical (unpaired) electrons. The second-order valence-corrected chi connectivity index (χ2v) is 7.39. The van der Waals surface area contributed by atoms with Gasteiger partial charge in [-0.1, -0.05) is 42.5 Å². The number of benzene rings is 3. The summed E-state index contributed by atoms with van der Waals surface area (Å²) in [4.78, 5) is 26.7. The summed E-state index contributed by atoms with van der Waals surface area (Å²) in [5.41, 5.74) is 7.64. The zero-order valence-corrected chi connectivity index (χ0v) is 18.3. The fourth-order valence-electron chi connectivity index (χ4n) is 3.64. The summed E-state index contributed by atoms with van der Waals surface area (Å²) in [6, 6.07) is 21.6. The molecule has 0 aliphatic heterocycles. The van der Waals surface area contributed by atoms with Gasteiger partial charge >= 0.3 is 0 Å². The highest BCUT2D eigenvalue weighted by atomic mass is 16.2. The number of amides is 2. The highest BCUT2D eigenvalue weighted by molar-refractivity contribution is 5.95. The van der Waals surface area contributed by atoms with Gasteiger partial charge in [-0.15, -0.1) is 0 Å². The zero-order chi connectivity index (χ0) is 22.2. The Bertz CT molecular complexity index is 1020. The number of rotatable bonds is 8. The van der Waals surface area contributed by atoms with Crippen molar-refractivity contribution in [2.24, 2.45) is 0 Å². The molecule has 3 aromatic rings. The van der Waals surface area contributed by atoms with Gasteiger partial charge < -0.3 is 10.2 Å². The fourth-order valence-corrected chi connectivity index (χ4v) is 3.64. The van der Waals surface area contributed by atoms with Crippen LogP contribution in [0.5, 0.6) is 0 Å². The molecule has 0 aromatic heterocycles. The minimum Gasteiger partial charge on any atom is -0.372 e. The Labute approximate surface area is 183 Å². The molecule has 1 atom stereocenters. The van der Waals surface area contributed by atoms with Crippen molar-refractivity contribution < 1.29 is 9.59 Å². The molecule has 0 saturated carbocycles. The van der Waals surface area contributed by atoms with Gasteiger partial charge in [0.2, 0.25) is 0 Å². The number of hydrazine groups is 1. The first kappa shape index (κ1) is 22.3. The monoisotopic (exact) mass is 418 g/mol. The van der Waals surface area contributed by atoms with E-state index in [9.17, 15) is 9.59 Å². The van der Waals surface area contributed by atoms with E-state index in [2.05, 4.69) is 59.2 Å². The Morgan fingerprint density at radius 1 is 0.871 bits per heavy atom. The summed E-state index contributed by atoms with van der Waals surface area (Å²) in [6.45, 7) is 8.10. The highest BCUT2D eigenvalue weighted by Crippen LogP contribution is 2.23. The van der Waals surface area contributed by atoms with Crippen LogP contribution in [0.2, 0.25) is 0 Å². The molecule has 0 fully saturated rings. The van der Waals surface area contributed by atoms with Crippen molar-refractivity contribution in [3.8, 4) is 0 Å². The lowest BCUT2D eigenvalue weighted by molar-refractivity contribution is -0.121. The molecule has 6 heteroatoms. The minimum absolute atomic E-state index is 0.0137. The molecule has 0 aliphatic carbocycles. The van der Waals surface area contributed by atoms with Crippen LogP contribution in [0, 0.1) is 0 Å². The standard InChI is InChI=1S/C25H30N4O2/c1-4-29(5-2)21-15-13-20(14-16-21)25(31)28-27-24(30)17-26-18(3)22-12-8-10-19-9-6-7-11-23(19)22/h6-16,18,26H,4-5,17H2,1-3H3,(H,27,30)(H,28,31)/t18-/m0/s1. The second-order valence-electron chi connectivity index (χ2n) is 7.39. The van der Waals surface area contributed by atoms with Crippen molar-refractivity contribution in [1.29, 1.82) is 0 Å². The maximum absolute atomic E-state index is 12.3. The van der Waals surface area contributed by atoms with Crippen LogP contribution in [0.3, 0.4) is 0 Å². The number of nitrogens with one attached hydrogen (secondary N) is 3. The van der Waals surface area contributed by atoms with Crippen LogP contribution in [0.1, 0.15) is 42.7 Å². The molecule has 162 valence electrons. The maximum Gasteiger partial charge on any atom is 0.269 e. The van der Waals surface area contributed by atoms with E-state index in [1.807, 2.05) is 37.3 Å². The van der Waals surface area contributed by atoms with Gasteiger partial charge in [0.1, 0.15) is 0 Å². The molecule has 0 spiro atoms. The van der Waals surface area contributed by atoms with Crippen LogP contribution < -0.4 is 21.1 Å². The second kappa shape index (κ2) is 10.6. The quantitative estimate of drug-likeness (QED) is 0.487. The predicted molar refractivity (Wildman–Crippen MR) is 126 cm³/mol. The molecule has 0 aliphatic rings. The number of carbonyl (C=O) groups excluding carboxylic acids is 2. The maximum atomic E-state index is 12.3. The van der Waals surface area contributed by atoms with Crippen molar-refractivity contribution in [2.75, 3.05) is 24.5 Å². The van der Waals surface area contributed by atoms with Gasteiger partial charge in [-0.25, -0.2) is 0 Å². The first-order valence-corrected chi connectivity index (χ1v) is 10.7. The zero-order valence-electron chi connectivity index (χ0n) is 18.3. The molecular weight excluding hydrogens is 388 g/mol. The van der Waals surface area contributed by atoms with Crippen LogP contribution in [0.25, 0.3) is 10.8 Å². The predicted octanol–water partition coefficient (Wildman–Crippen LogP) is 3.80. The van der Waals surface area contributed by atoms with Crippen molar-refractivity contribution >= 4 is 28.3 Å². The van der Waals surface area contributed by atoms with Crippen LogP contribution in [-0.4, -0.2) is 31.4 Å². The molecule has 3 aromatic carbocycles. The van der Waals surface area contributed by atoms with Crippen molar-refractivity contribution in [3.63, 3.8) is 0 Å². The first-order valence-electron chi connectivity index (χ1n) is 10.7. The van der Waals surface area contributed by atoms with E-state index < -0.39 is 0 Å². The Kier molecular flexibility index (Phi) is 7.62. The summed E-state index contributed by atoms with van der Waals surface area (Å²) in [5.74, 6) is -0.651. The smallest absolute Gasteiger partial charge is 0.269 e. The Morgan fingerprint density at radius 3 is 2.26 bits per heavy atom. The van der Waals surface area contributed by atoms with Gasteiger partial charge in [-0.2, -0.15) is 0 Å². The Balaban J connectivity index is 1.50. The molecule has 6 nitrogen and oxygen atoms in total. The number of hydrogen-bond donors (Lipinski definition) is 3. The third-order valence-corrected chi connectivity index (χ3v) is 5.43. The summed E-state index contributed by atoms with van der Waals surface area (Å²) in [7, 11) is 0. The Morgan fingerprint density at radius 2 is 1.55 bits per heavy atom. The third-order valence-electron chi connectivity index (χ3n) is 5.43. The molecule has 0 heterocycles. The highest BCUT2D eigenvalue weighted by Gasteiger charge is 2.12. The minimum atomic E-state index is -0.346. The van der Waals surface area contributed by atoms with E-state index in [-0.39, 0.29) is 24.4 Å². The van der Waals surface area contributed by atoms with Crippen molar-refractivity contribution in [2.45, 2.75) is 26.8 Å². The van der Waals surface area contributed by atoms with Crippen LogP contribution in [0.15, 0.2) is 66.7 Å². The van der Waals surface area contributed by atoms with E-state index in [1.165, 1.54) is 0 Å². The van der Waals surface area contributed by atoms with Gasteiger partial charge in [-0.3, -0.25) is 20.4 Å². The Hall–Kier alpha value is -3.38. The van der Waals surface area contributed by atoms with Gasteiger partial charge in [0.15, 0.2) is 0 Å². The van der Waals surface area contributed by atoms with Crippen molar-refractivity contribution in [1.82, 2.24) is 16.2 Å². The topological polar surface area (TPSA) is 73.5 Å². The van der Waals surface area contributed by atoms with Crippen molar-refractivity contribution in [3.05, 3.63) is 77.9 Å². The summed E-state index contributed by atoms with van der Waals surface area (Å²) in [6.07, 6.45) is 0. The molecule has 0 unspecified atom stereocenters. The number of fused-ring (bicyclic) bond motifs is 1. The summed E-state index contributed by atoms with van der Waals surface area (Å²) in [5, 5.41) is 5.54. The van der Waals surface area contributed by atoms with E-state index in [0.29, 0.717) is 5.56 Å². The molecule has 0 saturated heterocycles. The van der Waals surface area contributed by atoms with E-state index in [1.54, 1.807) is 12.1 Å². The largest absolute Gasteiger partial charge is 0.372 e. The molecular formula is C25H30N4O2. The lowest BCUT2D eigenvalue weighted by atomic mass is 10.00. The third kappa shape index (κ3) is 5.61. The molecule has 31 heavy (non-hydrogen) atoms. The first-order chi connectivity index (χ1) is 15.0. The lowest BCUT2D eigenvalue weighted by Crippen LogP contribution is -2.45. The fraction of sp³-hybridized carbons (Fsp3) is 0.280. The SMILES string of the molecule is CCN(CC)c1ccc(C(=O)NNC(=O)CN[C@@H](C)c2cccc3ccccc23)cc1.